The van der Waals surface area contributed by atoms with E-state index >= 15 is 0 Å². The predicted octanol–water partition coefficient (Wildman–Crippen LogP) is 6.01. The van der Waals surface area contributed by atoms with Gasteiger partial charge in [0.2, 0.25) is 0 Å². The van der Waals surface area contributed by atoms with E-state index in [2.05, 4.69) is 14.8 Å². The quantitative estimate of drug-likeness (QED) is 0.445. The molecule has 3 aromatic rings. The lowest BCUT2D eigenvalue weighted by molar-refractivity contribution is 0.102. The molecule has 0 fully saturated rings. The number of anilines is 1. The molecule has 0 unspecified atom stereocenters. The highest BCUT2D eigenvalue weighted by atomic mass is 35.5. The highest BCUT2D eigenvalue weighted by Gasteiger charge is 2.23. The molecule has 28 heavy (non-hydrogen) atoms. The summed E-state index contributed by atoms with van der Waals surface area (Å²) in [6.07, 6.45) is 3.86. The zero-order valence-corrected chi connectivity index (χ0v) is 19.6. The van der Waals surface area contributed by atoms with Crippen LogP contribution in [0.3, 0.4) is 0 Å². The van der Waals surface area contributed by atoms with Gasteiger partial charge in [0.25, 0.3) is 5.91 Å². The van der Waals surface area contributed by atoms with Crippen molar-refractivity contribution in [1.29, 1.82) is 0 Å². The number of amides is 1. The molecule has 1 N–H and O–H groups in total. The summed E-state index contributed by atoms with van der Waals surface area (Å²) < 4.78 is 7.06. The summed E-state index contributed by atoms with van der Waals surface area (Å²) in [5.41, 5.74) is 3.67. The number of nitrogens with one attached hydrogen (secondary N) is 1. The Hall–Kier alpha value is -1.19. The Labute approximate surface area is 186 Å². The third-order valence-corrected chi connectivity index (χ3v) is 7.67. The molecule has 0 bridgehead atoms. The number of hydrogen-bond donors (Lipinski definition) is 1. The van der Waals surface area contributed by atoms with Gasteiger partial charge in [-0.05, 0) is 50.0 Å². The monoisotopic (exact) mass is 472 g/mol. The van der Waals surface area contributed by atoms with Crippen molar-refractivity contribution in [2.45, 2.75) is 29.6 Å². The lowest BCUT2D eigenvalue weighted by Gasteiger charge is -2.10. The van der Waals surface area contributed by atoms with Gasteiger partial charge in [-0.2, -0.15) is 9.47 Å². The van der Waals surface area contributed by atoms with Crippen LogP contribution in [0.25, 0.3) is 0 Å². The Kier molecular flexibility index (Phi) is 6.98. The standard InChI is InChI=1S/C18H18Cl2N4OS3/c1-9-15(21-16(25)14-17(26-3)23-28-18(14)27-4)10(2)24(22-9)8-11-12(19)6-5-7-13(11)20/h5-7H,8H2,1-4H3,(H,21,25). The maximum Gasteiger partial charge on any atom is 0.260 e. The molecular weight excluding hydrogens is 455 g/mol. The summed E-state index contributed by atoms with van der Waals surface area (Å²) in [7, 11) is 0. The fourth-order valence-electron chi connectivity index (χ4n) is 2.77. The lowest BCUT2D eigenvalue weighted by Crippen LogP contribution is -2.14. The van der Waals surface area contributed by atoms with Crippen molar-refractivity contribution >= 4 is 69.9 Å². The summed E-state index contributed by atoms with van der Waals surface area (Å²) in [6.45, 7) is 4.20. The molecule has 0 radical (unpaired) electrons. The first-order chi connectivity index (χ1) is 13.4. The van der Waals surface area contributed by atoms with Crippen LogP contribution in [0.15, 0.2) is 27.4 Å². The topological polar surface area (TPSA) is 59.8 Å². The number of hydrogen-bond acceptors (Lipinski definition) is 6. The minimum absolute atomic E-state index is 0.177. The molecule has 0 aliphatic carbocycles. The second-order valence-electron chi connectivity index (χ2n) is 5.92. The van der Waals surface area contributed by atoms with Crippen molar-refractivity contribution in [1.82, 2.24) is 14.2 Å². The van der Waals surface area contributed by atoms with Gasteiger partial charge in [0.05, 0.1) is 33.4 Å². The molecule has 0 aliphatic rings. The van der Waals surface area contributed by atoms with E-state index in [1.807, 2.05) is 32.4 Å². The SMILES string of the molecule is CSc1nsc(SC)c1C(=O)Nc1c(C)nn(Cc2c(Cl)cccc2Cl)c1C. The second kappa shape index (κ2) is 9.09. The van der Waals surface area contributed by atoms with Gasteiger partial charge in [-0.3, -0.25) is 9.48 Å². The van der Waals surface area contributed by atoms with Crippen LogP contribution < -0.4 is 5.32 Å². The number of benzene rings is 1. The molecule has 0 spiro atoms. The molecule has 148 valence electrons. The van der Waals surface area contributed by atoms with Crippen LogP contribution in [0.2, 0.25) is 10.0 Å². The number of halogens is 2. The van der Waals surface area contributed by atoms with E-state index in [-0.39, 0.29) is 5.91 Å². The first-order valence-corrected chi connectivity index (χ1v) is 12.2. The first-order valence-electron chi connectivity index (χ1n) is 8.23. The van der Waals surface area contributed by atoms with E-state index in [0.717, 1.165) is 26.2 Å². The smallest absolute Gasteiger partial charge is 0.260 e. The van der Waals surface area contributed by atoms with E-state index in [1.165, 1.54) is 35.1 Å². The number of rotatable bonds is 6. The summed E-state index contributed by atoms with van der Waals surface area (Å²) in [5, 5.41) is 9.49. The molecule has 1 amide bonds. The van der Waals surface area contributed by atoms with Gasteiger partial charge in [-0.25, -0.2) is 0 Å². The van der Waals surface area contributed by atoms with Crippen LogP contribution in [-0.4, -0.2) is 32.6 Å². The zero-order chi connectivity index (χ0) is 20.4. The molecule has 0 saturated heterocycles. The maximum absolute atomic E-state index is 13.0. The zero-order valence-electron chi connectivity index (χ0n) is 15.7. The van der Waals surface area contributed by atoms with Gasteiger partial charge in [0.1, 0.15) is 5.03 Å². The van der Waals surface area contributed by atoms with Crippen molar-refractivity contribution in [2.24, 2.45) is 0 Å². The third-order valence-electron chi connectivity index (χ3n) is 4.22. The Morgan fingerprint density at radius 1 is 1.21 bits per heavy atom. The van der Waals surface area contributed by atoms with Gasteiger partial charge in [0.15, 0.2) is 0 Å². The van der Waals surface area contributed by atoms with E-state index in [9.17, 15) is 4.79 Å². The average molecular weight is 473 g/mol. The van der Waals surface area contributed by atoms with Crippen LogP contribution >= 0.6 is 58.3 Å². The number of thioether (sulfide) groups is 2. The number of aromatic nitrogens is 3. The summed E-state index contributed by atoms with van der Waals surface area (Å²) in [5.74, 6) is -0.177. The lowest BCUT2D eigenvalue weighted by atomic mass is 10.2. The molecule has 5 nitrogen and oxygen atoms in total. The Morgan fingerprint density at radius 2 is 1.89 bits per heavy atom. The predicted molar refractivity (Wildman–Crippen MR) is 121 cm³/mol. The van der Waals surface area contributed by atoms with Crippen molar-refractivity contribution in [3.8, 4) is 0 Å². The van der Waals surface area contributed by atoms with Crippen LogP contribution in [-0.2, 0) is 6.54 Å². The second-order valence-corrected chi connectivity index (χ2v) is 9.37. The van der Waals surface area contributed by atoms with E-state index < -0.39 is 0 Å². The van der Waals surface area contributed by atoms with E-state index in [4.69, 9.17) is 23.2 Å². The largest absolute Gasteiger partial charge is 0.319 e. The molecule has 3 rings (SSSR count). The highest BCUT2D eigenvalue weighted by molar-refractivity contribution is 8.01. The number of aryl methyl sites for hydroxylation is 1. The molecule has 2 aromatic heterocycles. The molecule has 0 atom stereocenters. The third kappa shape index (κ3) is 4.21. The molecule has 10 heteroatoms. The van der Waals surface area contributed by atoms with Crippen LogP contribution in [0.1, 0.15) is 27.3 Å². The number of carbonyl (C=O) groups is 1. The summed E-state index contributed by atoms with van der Waals surface area (Å²) >= 11 is 16.9. The Morgan fingerprint density at radius 3 is 2.50 bits per heavy atom. The van der Waals surface area contributed by atoms with Crippen molar-refractivity contribution in [2.75, 3.05) is 17.8 Å². The van der Waals surface area contributed by atoms with Crippen molar-refractivity contribution in [3.05, 3.63) is 50.8 Å². The molecule has 2 heterocycles. The summed E-state index contributed by atoms with van der Waals surface area (Å²) in [6, 6.07) is 5.41. The van der Waals surface area contributed by atoms with E-state index in [0.29, 0.717) is 27.8 Å². The molecule has 0 aliphatic heterocycles. The Bertz CT molecular complexity index is 991. The van der Waals surface area contributed by atoms with E-state index in [1.54, 1.807) is 16.8 Å². The minimum Gasteiger partial charge on any atom is -0.319 e. The Balaban J connectivity index is 1.91. The molecule has 1 aromatic carbocycles. The maximum atomic E-state index is 13.0. The normalized spacial score (nSPS) is 11.1. The summed E-state index contributed by atoms with van der Waals surface area (Å²) in [4.78, 5) is 13.0. The van der Waals surface area contributed by atoms with Gasteiger partial charge in [-0.1, -0.05) is 29.3 Å². The van der Waals surface area contributed by atoms with Crippen LogP contribution in [0, 0.1) is 13.8 Å². The van der Waals surface area contributed by atoms with Crippen molar-refractivity contribution < 1.29 is 4.79 Å². The molecular formula is C18H18Cl2N4OS3. The van der Waals surface area contributed by atoms with Gasteiger partial charge in [-0.15, -0.1) is 23.5 Å². The number of nitrogens with zero attached hydrogens (tertiary/aromatic N) is 3. The van der Waals surface area contributed by atoms with Crippen LogP contribution in [0.5, 0.6) is 0 Å². The fraction of sp³-hybridized carbons (Fsp3) is 0.278. The minimum atomic E-state index is -0.177. The van der Waals surface area contributed by atoms with Crippen LogP contribution in [0.4, 0.5) is 5.69 Å². The van der Waals surface area contributed by atoms with Gasteiger partial charge >= 0.3 is 0 Å². The molecule has 0 saturated carbocycles. The highest BCUT2D eigenvalue weighted by Crippen LogP contribution is 2.34. The average Bonchev–Trinajstić information content (AvgIpc) is 3.20. The van der Waals surface area contributed by atoms with Gasteiger partial charge in [0, 0.05) is 15.6 Å². The first kappa shape index (κ1) is 21.5. The van der Waals surface area contributed by atoms with Gasteiger partial charge < -0.3 is 5.32 Å². The van der Waals surface area contributed by atoms with Crippen molar-refractivity contribution in [3.63, 3.8) is 0 Å². The number of carbonyl (C=O) groups excluding carboxylic acids is 1. The fourth-order valence-corrected chi connectivity index (χ4v) is 5.57.